The van der Waals surface area contributed by atoms with Gasteiger partial charge in [-0.2, -0.15) is 0 Å². The zero-order chi connectivity index (χ0) is 14.0. The van der Waals surface area contributed by atoms with Gasteiger partial charge in [0.1, 0.15) is 11.6 Å². The lowest BCUT2D eigenvalue weighted by Crippen LogP contribution is -2.03. The van der Waals surface area contributed by atoms with Crippen molar-refractivity contribution in [3.05, 3.63) is 40.8 Å². The van der Waals surface area contributed by atoms with Crippen molar-refractivity contribution in [2.75, 3.05) is 5.73 Å². The Labute approximate surface area is 116 Å². The standard InChI is InChI=1S/C14H15ClFN3/c1-8(2)5-10-7-13(17)19-14(18-10)11-4-3-9(16)6-12(11)15/h3-4,6-8H,5H2,1-2H3,(H2,17,18,19). The van der Waals surface area contributed by atoms with Crippen LogP contribution in [0.1, 0.15) is 19.5 Å². The summed E-state index contributed by atoms with van der Waals surface area (Å²) >= 11 is 6.01. The van der Waals surface area contributed by atoms with Crippen molar-refractivity contribution in [1.82, 2.24) is 9.97 Å². The Balaban J connectivity index is 2.46. The number of rotatable bonds is 3. The van der Waals surface area contributed by atoms with Crippen LogP contribution in [0, 0.1) is 11.7 Å². The van der Waals surface area contributed by atoms with Crippen LogP contribution < -0.4 is 5.73 Å². The van der Waals surface area contributed by atoms with E-state index in [0.29, 0.717) is 23.1 Å². The molecule has 0 spiro atoms. The molecule has 0 amide bonds. The monoisotopic (exact) mass is 279 g/mol. The van der Waals surface area contributed by atoms with Crippen LogP contribution in [0.2, 0.25) is 5.02 Å². The number of aromatic nitrogens is 2. The zero-order valence-electron chi connectivity index (χ0n) is 10.8. The van der Waals surface area contributed by atoms with E-state index in [1.807, 2.05) is 0 Å². The van der Waals surface area contributed by atoms with Crippen LogP contribution in [-0.4, -0.2) is 9.97 Å². The molecule has 0 aliphatic heterocycles. The van der Waals surface area contributed by atoms with Crippen molar-refractivity contribution in [1.29, 1.82) is 0 Å². The Hall–Kier alpha value is -1.68. The Morgan fingerprint density at radius 1 is 1.26 bits per heavy atom. The maximum absolute atomic E-state index is 13.0. The van der Waals surface area contributed by atoms with E-state index in [0.717, 1.165) is 12.1 Å². The summed E-state index contributed by atoms with van der Waals surface area (Å²) in [6.07, 6.45) is 0.804. The predicted octanol–water partition coefficient (Wildman–Crippen LogP) is 3.72. The molecule has 5 heteroatoms. The first-order chi connectivity index (χ1) is 8.95. The van der Waals surface area contributed by atoms with Crippen molar-refractivity contribution in [3.8, 4) is 11.4 Å². The second-order valence-electron chi connectivity index (χ2n) is 4.83. The summed E-state index contributed by atoms with van der Waals surface area (Å²) in [6, 6.07) is 5.88. The second-order valence-corrected chi connectivity index (χ2v) is 5.24. The van der Waals surface area contributed by atoms with Gasteiger partial charge in [0.25, 0.3) is 0 Å². The first-order valence-corrected chi connectivity index (χ1v) is 6.42. The van der Waals surface area contributed by atoms with Gasteiger partial charge in [-0.25, -0.2) is 14.4 Å². The van der Waals surface area contributed by atoms with Crippen molar-refractivity contribution in [3.63, 3.8) is 0 Å². The third kappa shape index (κ3) is 3.41. The summed E-state index contributed by atoms with van der Waals surface area (Å²) in [5.74, 6) is 0.896. The van der Waals surface area contributed by atoms with Gasteiger partial charge in [-0.15, -0.1) is 0 Å². The second kappa shape index (κ2) is 5.53. The summed E-state index contributed by atoms with van der Waals surface area (Å²) in [6.45, 7) is 4.20. The normalized spacial score (nSPS) is 11.0. The first kappa shape index (κ1) is 13.7. The van der Waals surface area contributed by atoms with Crippen molar-refractivity contribution >= 4 is 17.4 Å². The third-order valence-corrected chi connectivity index (χ3v) is 2.90. The summed E-state index contributed by atoms with van der Waals surface area (Å²) in [5, 5.41) is 0.279. The molecule has 0 saturated heterocycles. The molecule has 19 heavy (non-hydrogen) atoms. The van der Waals surface area contributed by atoms with Crippen molar-refractivity contribution in [2.45, 2.75) is 20.3 Å². The maximum atomic E-state index is 13.0. The highest BCUT2D eigenvalue weighted by Gasteiger charge is 2.10. The van der Waals surface area contributed by atoms with Crippen molar-refractivity contribution in [2.24, 2.45) is 5.92 Å². The van der Waals surface area contributed by atoms with Gasteiger partial charge in [0.05, 0.1) is 5.02 Å². The Kier molecular flexibility index (Phi) is 4.00. The highest BCUT2D eigenvalue weighted by atomic mass is 35.5. The smallest absolute Gasteiger partial charge is 0.163 e. The molecule has 1 aromatic heterocycles. The fraction of sp³-hybridized carbons (Fsp3) is 0.286. The summed E-state index contributed by atoms with van der Waals surface area (Å²) in [5.41, 5.74) is 7.23. The van der Waals surface area contributed by atoms with Gasteiger partial charge >= 0.3 is 0 Å². The van der Waals surface area contributed by atoms with Crippen LogP contribution in [-0.2, 0) is 6.42 Å². The molecule has 0 aliphatic rings. The van der Waals surface area contributed by atoms with Gasteiger partial charge in [-0.05, 0) is 30.5 Å². The number of nitrogens with zero attached hydrogens (tertiary/aromatic N) is 2. The molecule has 2 rings (SSSR count). The topological polar surface area (TPSA) is 51.8 Å². The van der Waals surface area contributed by atoms with Gasteiger partial charge in [-0.1, -0.05) is 25.4 Å². The molecule has 0 unspecified atom stereocenters. The summed E-state index contributed by atoms with van der Waals surface area (Å²) in [4.78, 5) is 8.60. The maximum Gasteiger partial charge on any atom is 0.163 e. The lowest BCUT2D eigenvalue weighted by Gasteiger charge is -2.09. The average Bonchev–Trinajstić information content (AvgIpc) is 2.26. The van der Waals surface area contributed by atoms with E-state index in [1.54, 1.807) is 12.1 Å². The lowest BCUT2D eigenvalue weighted by atomic mass is 10.1. The number of nitrogen functional groups attached to an aromatic ring is 1. The van der Waals surface area contributed by atoms with E-state index < -0.39 is 0 Å². The number of halogens is 2. The molecule has 0 atom stereocenters. The van der Waals surface area contributed by atoms with Crippen LogP contribution >= 0.6 is 11.6 Å². The molecule has 2 aromatic rings. The van der Waals surface area contributed by atoms with Gasteiger partial charge < -0.3 is 5.73 Å². The third-order valence-electron chi connectivity index (χ3n) is 2.59. The van der Waals surface area contributed by atoms with E-state index in [2.05, 4.69) is 23.8 Å². The molecule has 1 aromatic carbocycles. The molecule has 0 fully saturated rings. The van der Waals surface area contributed by atoms with Crippen LogP contribution in [0.4, 0.5) is 10.2 Å². The van der Waals surface area contributed by atoms with Gasteiger partial charge in [0.15, 0.2) is 5.82 Å². The molecule has 0 radical (unpaired) electrons. The van der Waals surface area contributed by atoms with Crippen LogP contribution in [0.15, 0.2) is 24.3 Å². The minimum absolute atomic E-state index is 0.279. The number of hydrogen-bond donors (Lipinski definition) is 1. The molecule has 0 saturated carbocycles. The van der Waals surface area contributed by atoms with E-state index >= 15 is 0 Å². The predicted molar refractivity (Wildman–Crippen MR) is 75.4 cm³/mol. The van der Waals surface area contributed by atoms with Gasteiger partial charge in [0.2, 0.25) is 0 Å². The number of benzene rings is 1. The molecule has 3 nitrogen and oxygen atoms in total. The largest absolute Gasteiger partial charge is 0.384 e. The fourth-order valence-corrected chi connectivity index (χ4v) is 2.08. The summed E-state index contributed by atoms with van der Waals surface area (Å²) < 4.78 is 13.0. The van der Waals surface area contributed by atoms with Crippen molar-refractivity contribution < 1.29 is 4.39 Å². The Morgan fingerprint density at radius 2 is 2.00 bits per heavy atom. The quantitative estimate of drug-likeness (QED) is 0.932. The van der Waals surface area contributed by atoms with Gasteiger partial charge in [-0.3, -0.25) is 0 Å². The number of nitrogens with two attached hydrogens (primary N) is 1. The zero-order valence-corrected chi connectivity index (χ0v) is 11.6. The molecule has 100 valence electrons. The number of hydrogen-bond acceptors (Lipinski definition) is 3. The van der Waals surface area contributed by atoms with E-state index in [4.69, 9.17) is 17.3 Å². The Bertz CT molecular complexity index is 599. The average molecular weight is 280 g/mol. The lowest BCUT2D eigenvalue weighted by molar-refractivity contribution is 0.628. The molecule has 2 N–H and O–H groups in total. The summed E-state index contributed by atoms with van der Waals surface area (Å²) in [7, 11) is 0. The van der Waals surface area contributed by atoms with E-state index in [-0.39, 0.29) is 10.8 Å². The van der Waals surface area contributed by atoms with Crippen LogP contribution in [0.5, 0.6) is 0 Å². The fourth-order valence-electron chi connectivity index (χ4n) is 1.83. The molecular formula is C14H15ClFN3. The van der Waals surface area contributed by atoms with Crippen LogP contribution in [0.3, 0.4) is 0 Å². The molecule has 0 bridgehead atoms. The molecular weight excluding hydrogens is 265 g/mol. The number of anilines is 1. The molecule has 0 aliphatic carbocycles. The van der Waals surface area contributed by atoms with Gasteiger partial charge in [0, 0.05) is 17.3 Å². The van der Waals surface area contributed by atoms with Crippen LogP contribution in [0.25, 0.3) is 11.4 Å². The molecule has 1 heterocycles. The van der Waals surface area contributed by atoms with E-state index in [9.17, 15) is 4.39 Å². The highest BCUT2D eigenvalue weighted by Crippen LogP contribution is 2.27. The minimum Gasteiger partial charge on any atom is -0.384 e. The SMILES string of the molecule is CC(C)Cc1cc(N)nc(-c2ccc(F)cc2Cl)n1. The minimum atomic E-state index is -0.389. The van der Waals surface area contributed by atoms with E-state index in [1.165, 1.54) is 12.1 Å². The Morgan fingerprint density at radius 3 is 2.63 bits per heavy atom. The highest BCUT2D eigenvalue weighted by molar-refractivity contribution is 6.33. The first-order valence-electron chi connectivity index (χ1n) is 6.04.